The molecule has 2 aromatic rings. The second kappa shape index (κ2) is 37.5. The molecule has 12 nitrogen and oxygen atoms in total. The van der Waals surface area contributed by atoms with Crippen molar-refractivity contribution in [3.63, 3.8) is 0 Å². The van der Waals surface area contributed by atoms with Gasteiger partial charge in [-0.2, -0.15) is 23.5 Å². The molecule has 3 N–H and O–H groups in total. The first-order valence-corrected chi connectivity index (χ1v) is 27.6. The molecule has 1 aliphatic heterocycles. The lowest BCUT2D eigenvalue weighted by molar-refractivity contribution is -0.309. The molecule has 0 saturated carbocycles. The summed E-state index contributed by atoms with van der Waals surface area (Å²) in [7, 11) is 0. The van der Waals surface area contributed by atoms with Crippen molar-refractivity contribution >= 4 is 29.4 Å². The Kier molecular flexibility index (Phi) is 33.0. The summed E-state index contributed by atoms with van der Waals surface area (Å²) in [5, 5.41) is 29.5. The Morgan fingerprint density at radius 3 is 1.94 bits per heavy atom. The maximum Gasteiger partial charge on any atom is 0.220 e. The summed E-state index contributed by atoms with van der Waals surface area (Å²) in [4.78, 5) is 16.0. The van der Waals surface area contributed by atoms with Crippen molar-refractivity contribution in [2.24, 2.45) is 17.0 Å². The molecule has 1 amide bonds. The van der Waals surface area contributed by atoms with Gasteiger partial charge in [0, 0.05) is 29.5 Å². The Morgan fingerprint density at radius 2 is 1.35 bits per heavy atom. The van der Waals surface area contributed by atoms with E-state index in [1.807, 2.05) is 91.1 Å². The summed E-state index contributed by atoms with van der Waals surface area (Å²) in [6.07, 6.45) is 12.3. The van der Waals surface area contributed by atoms with Crippen LogP contribution in [0.2, 0.25) is 0 Å². The highest BCUT2D eigenvalue weighted by Gasteiger charge is 2.46. The van der Waals surface area contributed by atoms with E-state index in [0.717, 1.165) is 66.2 Å². The molecule has 1 aliphatic rings. The zero-order valence-electron chi connectivity index (χ0n) is 40.9. The number of thioether (sulfide) groups is 2. The van der Waals surface area contributed by atoms with Crippen LogP contribution < -0.4 is 5.32 Å². The lowest BCUT2D eigenvalue weighted by Crippen LogP contribution is -2.58. The van der Waals surface area contributed by atoms with E-state index < -0.39 is 42.9 Å². The molecule has 14 heteroatoms. The molecule has 0 bridgehead atoms. The van der Waals surface area contributed by atoms with Crippen molar-refractivity contribution < 1.29 is 38.7 Å². The number of hydrogen-bond acceptors (Lipinski definition) is 11. The van der Waals surface area contributed by atoms with Gasteiger partial charge >= 0.3 is 0 Å². The smallest absolute Gasteiger partial charge is 0.220 e. The highest BCUT2D eigenvalue weighted by Crippen LogP contribution is 2.33. The minimum Gasteiger partial charge on any atom is -0.390 e. The predicted octanol–water partition coefficient (Wildman–Crippen LogP) is 11.5. The number of amides is 1. The summed E-state index contributed by atoms with van der Waals surface area (Å²) in [6.45, 7) is 10.6. The van der Waals surface area contributed by atoms with Crippen molar-refractivity contribution in [3.05, 3.63) is 82.2 Å². The van der Waals surface area contributed by atoms with Crippen LogP contribution >= 0.6 is 23.5 Å². The van der Waals surface area contributed by atoms with E-state index in [9.17, 15) is 15.0 Å². The topological polar surface area (TPSA) is 164 Å². The van der Waals surface area contributed by atoms with Gasteiger partial charge in [-0.3, -0.25) is 4.79 Å². The predicted molar refractivity (Wildman–Crippen MR) is 272 cm³/mol. The summed E-state index contributed by atoms with van der Waals surface area (Å²) in [5.74, 6) is 3.80. The van der Waals surface area contributed by atoms with Crippen LogP contribution in [0.5, 0.6) is 0 Å². The van der Waals surface area contributed by atoms with Crippen molar-refractivity contribution in [2.75, 3.05) is 49.4 Å². The maximum absolute atomic E-state index is 13.2. The van der Waals surface area contributed by atoms with Gasteiger partial charge in [0.05, 0.1) is 51.3 Å². The number of ether oxygens (including phenoxy) is 5. The van der Waals surface area contributed by atoms with E-state index in [4.69, 9.17) is 29.2 Å². The Labute approximate surface area is 406 Å². The van der Waals surface area contributed by atoms with Crippen LogP contribution in [0, 0.1) is 11.8 Å². The first kappa shape index (κ1) is 58.0. The number of azide groups is 1. The number of hydrogen-bond donors (Lipinski definition) is 3. The molecular weight excluding hydrogens is 873 g/mol. The van der Waals surface area contributed by atoms with E-state index >= 15 is 0 Å². The molecule has 0 radical (unpaired) electrons. The van der Waals surface area contributed by atoms with E-state index in [2.05, 4.69) is 36.1 Å². The molecule has 0 aromatic heterocycles. The van der Waals surface area contributed by atoms with E-state index in [1.54, 1.807) is 0 Å². The zero-order chi connectivity index (χ0) is 47.5. The molecule has 1 saturated heterocycles. The fourth-order valence-corrected chi connectivity index (χ4v) is 10.1. The average Bonchev–Trinajstić information content (AvgIpc) is 3.33. The highest BCUT2D eigenvalue weighted by atomic mass is 32.2. The quantitative estimate of drug-likeness (QED) is 0.0253. The van der Waals surface area contributed by atoms with Crippen LogP contribution in [0.4, 0.5) is 0 Å². The standard InChI is InChI=1S/C52H86N4O8S2/c1-5-7-9-10-11-12-13-14-15-16-17-24-29-46(57)49(59)45(55-48(58)30-8-6-2)37-63-52-51(62-36-44-27-22-19-23-28-44)42(4)50(61-35-43-25-20-18-21-26-43)47(64-52)38-60-32-34-66-40-41(3)39-65-33-31-54-56-53/h18-23,25-28,41-42,45-47,49-52,57,59H,5-17,24,29-40H2,1-4H3,(H,55,58)/t41?,42-,45-,46+,47?,49-,50+,51?,52-/m0/s1. The number of aliphatic hydroxyl groups is 2. The van der Waals surface area contributed by atoms with Crippen molar-refractivity contribution in [1.82, 2.24) is 5.32 Å². The summed E-state index contributed by atoms with van der Waals surface area (Å²) >= 11 is 3.66. The number of nitrogens with one attached hydrogen (secondary N) is 1. The van der Waals surface area contributed by atoms with Gasteiger partial charge in [-0.15, -0.1) is 0 Å². The first-order chi connectivity index (χ1) is 32.3. The number of nitrogens with zero attached hydrogens (tertiary/aromatic N) is 3. The maximum atomic E-state index is 13.2. The van der Waals surface area contributed by atoms with Crippen LogP contribution in [-0.4, -0.2) is 108 Å². The molecule has 1 heterocycles. The minimum atomic E-state index is -1.23. The van der Waals surface area contributed by atoms with Crippen molar-refractivity contribution in [3.8, 4) is 0 Å². The molecule has 2 aromatic carbocycles. The lowest BCUT2D eigenvalue weighted by atomic mass is 9.90. The Bertz CT molecular complexity index is 1530. The number of aliphatic hydroxyl groups excluding tert-OH is 2. The number of carbonyl (C=O) groups is 1. The monoisotopic (exact) mass is 959 g/mol. The van der Waals surface area contributed by atoms with Crippen LogP contribution in [0.3, 0.4) is 0 Å². The van der Waals surface area contributed by atoms with Crippen LogP contribution in [0.25, 0.3) is 10.4 Å². The largest absolute Gasteiger partial charge is 0.390 e. The average molecular weight is 959 g/mol. The molecule has 66 heavy (non-hydrogen) atoms. The third-order valence-electron chi connectivity index (χ3n) is 12.1. The van der Waals surface area contributed by atoms with Crippen molar-refractivity contribution in [2.45, 2.75) is 186 Å². The molecule has 0 spiro atoms. The molecule has 374 valence electrons. The third-order valence-corrected chi connectivity index (χ3v) is 14.6. The number of benzene rings is 2. The number of unbranched alkanes of at least 4 members (excludes halogenated alkanes) is 12. The normalized spacial score (nSPS) is 20.3. The van der Waals surface area contributed by atoms with Crippen molar-refractivity contribution in [1.29, 1.82) is 0 Å². The molecule has 1 fully saturated rings. The Hall–Kier alpha value is -2.36. The van der Waals surface area contributed by atoms with Gasteiger partial charge in [0.1, 0.15) is 18.3 Å². The Morgan fingerprint density at radius 1 is 0.788 bits per heavy atom. The van der Waals surface area contributed by atoms with Gasteiger partial charge in [0.25, 0.3) is 0 Å². The van der Waals surface area contributed by atoms with E-state index in [-0.39, 0.29) is 25.0 Å². The van der Waals surface area contributed by atoms with E-state index in [1.165, 1.54) is 57.8 Å². The van der Waals surface area contributed by atoms with Gasteiger partial charge in [-0.25, -0.2) is 0 Å². The van der Waals surface area contributed by atoms with Gasteiger partial charge in [0.15, 0.2) is 6.29 Å². The number of carbonyl (C=O) groups excluding carboxylic acids is 1. The molecular formula is C52H86N4O8S2. The summed E-state index contributed by atoms with van der Waals surface area (Å²) in [5.41, 5.74) is 10.6. The van der Waals surface area contributed by atoms with Crippen LogP contribution in [0.1, 0.15) is 142 Å². The Balaban J connectivity index is 1.68. The van der Waals surface area contributed by atoms with Gasteiger partial charge in [0.2, 0.25) is 5.91 Å². The second-order valence-corrected chi connectivity index (χ2v) is 20.4. The number of rotatable bonds is 40. The van der Waals surface area contributed by atoms with Crippen LogP contribution in [-0.2, 0) is 41.7 Å². The van der Waals surface area contributed by atoms with Gasteiger partial charge < -0.3 is 39.2 Å². The minimum absolute atomic E-state index is 0.0844. The third kappa shape index (κ3) is 25.3. The zero-order valence-corrected chi connectivity index (χ0v) is 42.5. The first-order valence-electron chi connectivity index (χ1n) is 25.2. The SMILES string of the molecule is CCCCCCCCCCCCCC[C@@H](O)[C@@H](O)[C@H](CO[C@H]1OC(COCCSCC(C)CSCCN=[N+]=[N-])[C@H](OCc2ccccc2)[C@H](C)C1OCc1ccccc1)NC(=O)CCCC. The van der Waals surface area contributed by atoms with Gasteiger partial charge in [-0.05, 0) is 52.7 Å². The fourth-order valence-electron chi connectivity index (χ4n) is 8.15. The molecule has 3 unspecified atom stereocenters. The summed E-state index contributed by atoms with van der Waals surface area (Å²) < 4.78 is 33.0. The summed E-state index contributed by atoms with van der Waals surface area (Å²) in [6, 6.07) is 19.2. The molecule has 9 atom stereocenters. The second-order valence-electron chi connectivity index (χ2n) is 18.1. The van der Waals surface area contributed by atoms with Gasteiger partial charge in [-0.1, -0.05) is 177 Å². The lowest BCUT2D eigenvalue weighted by Gasteiger charge is -2.45. The fraction of sp³-hybridized carbons (Fsp3) is 0.750. The highest BCUT2D eigenvalue weighted by molar-refractivity contribution is 8.00. The molecule has 3 rings (SSSR count). The van der Waals surface area contributed by atoms with Crippen LogP contribution in [0.15, 0.2) is 65.8 Å². The van der Waals surface area contributed by atoms with E-state index in [0.29, 0.717) is 45.1 Å². The molecule has 0 aliphatic carbocycles.